The highest BCUT2D eigenvalue weighted by Crippen LogP contribution is 2.17. The number of ether oxygens (including phenoxy) is 1. The second-order valence-corrected chi connectivity index (χ2v) is 4.37. The lowest BCUT2D eigenvalue weighted by Crippen LogP contribution is -2.08. The topological polar surface area (TPSA) is 62.9 Å². The van der Waals surface area contributed by atoms with Gasteiger partial charge in [-0.25, -0.2) is 4.98 Å². The van der Waals surface area contributed by atoms with Crippen molar-refractivity contribution in [3.8, 4) is 11.8 Å². The number of benzene rings is 1. The molecule has 0 bridgehead atoms. The molecule has 1 aromatic heterocycles. The fraction of sp³-hybridized carbons (Fsp3) is 0.333. The molecule has 2 aromatic rings. The molecule has 0 unspecified atom stereocenters. The maximum Gasteiger partial charge on any atom is 0.174 e. The molecule has 0 aliphatic carbocycles. The number of nitriles is 1. The minimum Gasteiger partial charge on any atom is -0.479 e. The van der Waals surface area contributed by atoms with Gasteiger partial charge in [-0.05, 0) is 18.6 Å². The molecule has 0 amide bonds. The van der Waals surface area contributed by atoms with Crippen LogP contribution in [-0.4, -0.2) is 16.2 Å². The molecule has 0 atom stereocenters. The average Bonchev–Trinajstić information content (AvgIpc) is 2.91. The summed E-state index contributed by atoms with van der Waals surface area (Å²) in [4.78, 5) is 4.35. The van der Waals surface area contributed by atoms with Crippen LogP contribution in [0.2, 0.25) is 0 Å². The monoisotopic (exact) mass is 270 g/mol. The van der Waals surface area contributed by atoms with Crippen LogP contribution in [0.5, 0.6) is 5.75 Å². The highest BCUT2D eigenvalue weighted by molar-refractivity contribution is 5.48. The Hall–Kier alpha value is -2.48. The first-order chi connectivity index (χ1) is 9.83. The van der Waals surface area contributed by atoms with Gasteiger partial charge < -0.3 is 14.6 Å². The Bertz CT molecular complexity index is 586. The van der Waals surface area contributed by atoms with Gasteiger partial charge in [-0.1, -0.05) is 13.0 Å². The molecule has 20 heavy (non-hydrogen) atoms. The molecule has 0 fully saturated rings. The number of nitrogens with one attached hydrogen (secondary N) is 1. The van der Waals surface area contributed by atoms with Crippen molar-refractivity contribution in [2.45, 2.75) is 26.4 Å². The van der Waals surface area contributed by atoms with Gasteiger partial charge in [-0.15, -0.1) is 0 Å². The summed E-state index contributed by atoms with van der Waals surface area (Å²) in [6, 6.07) is 9.53. The quantitative estimate of drug-likeness (QED) is 0.840. The van der Waals surface area contributed by atoms with Gasteiger partial charge in [-0.2, -0.15) is 5.26 Å². The third-order valence-corrected chi connectivity index (χ3v) is 2.85. The number of hydrogen-bond donors (Lipinski definition) is 1. The standard InChI is InChI=1S/C15H18N4O/c1-2-8-19-9-7-17-15(19)12-18-13-4-3-5-14(11-13)20-10-6-16/h3-5,7,9,11,18H,2,8,10,12H2,1H3. The minimum absolute atomic E-state index is 0.0599. The normalized spacial score (nSPS) is 10.0. The summed E-state index contributed by atoms with van der Waals surface area (Å²) in [5.74, 6) is 1.70. The van der Waals surface area contributed by atoms with Crippen molar-refractivity contribution in [3.05, 3.63) is 42.5 Å². The number of rotatable bonds is 7. The van der Waals surface area contributed by atoms with Gasteiger partial charge in [-0.3, -0.25) is 0 Å². The third-order valence-electron chi connectivity index (χ3n) is 2.85. The Morgan fingerprint density at radius 2 is 2.35 bits per heavy atom. The van der Waals surface area contributed by atoms with Crippen molar-refractivity contribution in [3.63, 3.8) is 0 Å². The number of aryl methyl sites for hydroxylation is 1. The van der Waals surface area contributed by atoms with Crippen LogP contribution in [0.3, 0.4) is 0 Å². The van der Waals surface area contributed by atoms with E-state index in [0.29, 0.717) is 12.3 Å². The van der Waals surface area contributed by atoms with Crippen LogP contribution in [0.25, 0.3) is 0 Å². The second-order valence-electron chi connectivity index (χ2n) is 4.37. The summed E-state index contributed by atoms with van der Waals surface area (Å²) in [5, 5.41) is 11.8. The van der Waals surface area contributed by atoms with Gasteiger partial charge in [0.05, 0.1) is 6.54 Å². The number of anilines is 1. The highest BCUT2D eigenvalue weighted by atomic mass is 16.5. The lowest BCUT2D eigenvalue weighted by molar-refractivity contribution is 0.368. The molecule has 1 heterocycles. The fourth-order valence-corrected chi connectivity index (χ4v) is 1.94. The molecule has 0 aliphatic heterocycles. The van der Waals surface area contributed by atoms with Crippen molar-refractivity contribution in [2.24, 2.45) is 0 Å². The first kappa shape index (κ1) is 13.9. The van der Waals surface area contributed by atoms with E-state index in [2.05, 4.69) is 21.8 Å². The Morgan fingerprint density at radius 3 is 3.15 bits per heavy atom. The van der Waals surface area contributed by atoms with Gasteiger partial charge in [0.15, 0.2) is 6.61 Å². The van der Waals surface area contributed by atoms with Crippen molar-refractivity contribution in [1.29, 1.82) is 5.26 Å². The lowest BCUT2D eigenvalue weighted by atomic mass is 10.3. The smallest absolute Gasteiger partial charge is 0.174 e. The van der Waals surface area contributed by atoms with Crippen LogP contribution in [-0.2, 0) is 13.1 Å². The molecule has 0 saturated carbocycles. The number of imidazole rings is 1. The largest absolute Gasteiger partial charge is 0.479 e. The minimum atomic E-state index is 0.0599. The molecule has 1 N–H and O–H groups in total. The fourth-order valence-electron chi connectivity index (χ4n) is 1.94. The van der Waals surface area contributed by atoms with Gasteiger partial charge in [0.25, 0.3) is 0 Å². The summed E-state index contributed by atoms with van der Waals surface area (Å²) in [7, 11) is 0. The second kappa shape index (κ2) is 7.19. The Labute approximate surface area is 118 Å². The van der Waals surface area contributed by atoms with Crippen molar-refractivity contribution in [1.82, 2.24) is 9.55 Å². The Morgan fingerprint density at radius 1 is 1.45 bits per heavy atom. The third kappa shape index (κ3) is 3.75. The van der Waals surface area contributed by atoms with Crippen LogP contribution in [0.4, 0.5) is 5.69 Å². The van der Waals surface area contributed by atoms with Crippen molar-refractivity contribution < 1.29 is 4.74 Å². The van der Waals surface area contributed by atoms with Gasteiger partial charge >= 0.3 is 0 Å². The molecule has 0 saturated heterocycles. The molecule has 0 spiro atoms. The van der Waals surface area contributed by atoms with Crippen LogP contribution in [0.15, 0.2) is 36.7 Å². The van der Waals surface area contributed by atoms with Crippen LogP contribution in [0.1, 0.15) is 19.2 Å². The summed E-state index contributed by atoms with van der Waals surface area (Å²) >= 11 is 0. The highest BCUT2D eigenvalue weighted by Gasteiger charge is 2.02. The summed E-state index contributed by atoms with van der Waals surface area (Å²) in [6.07, 6.45) is 4.90. The Balaban J connectivity index is 1.96. The zero-order valence-electron chi connectivity index (χ0n) is 11.5. The summed E-state index contributed by atoms with van der Waals surface area (Å²) in [6.45, 7) is 3.84. The predicted molar refractivity (Wildman–Crippen MR) is 77.4 cm³/mol. The van der Waals surface area contributed by atoms with Crippen LogP contribution >= 0.6 is 0 Å². The SMILES string of the molecule is CCCn1ccnc1CNc1cccc(OCC#N)c1. The molecular weight excluding hydrogens is 252 g/mol. The van der Waals surface area contributed by atoms with E-state index in [1.165, 1.54) is 0 Å². The van der Waals surface area contributed by atoms with E-state index >= 15 is 0 Å². The van der Waals surface area contributed by atoms with Gasteiger partial charge in [0.2, 0.25) is 0 Å². The molecule has 5 nitrogen and oxygen atoms in total. The summed E-state index contributed by atoms with van der Waals surface area (Å²) < 4.78 is 7.42. The van der Waals surface area contributed by atoms with E-state index in [9.17, 15) is 0 Å². The van der Waals surface area contributed by atoms with E-state index in [-0.39, 0.29) is 6.61 Å². The first-order valence-electron chi connectivity index (χ1n) is 6.67. The van der Waals surface area contributed by atoms with Crippen LogP contribution < -0.4 is 10.1 Å². The van der Waals surface area contributed by atoms with Gasteiger partial charge in [0.1, 0.15) is 17.6 Å². The molecule has 2 rings (SSSR count). The maximum absolute atomic E-state index is 8.50. The number of nitrogens with zero attached hydrogens (tertiary/aromatic N) is 3. The zero-order valence-corrected chi connectivity index (χ0v) is 11.5. The van der Waals surface area contributed by atoms with Crippen molar-refractivity contribution in [2.75, 3.05) is 11.9 Å². The lowest BCUT2D eigenvalue weighted by Gasteiger charge is -2.10. The van der Waals surface area contributed by atoms with E-state index in [1.807, 2.05) is 42.7 Å². The zero-order chi connectivity index (χ0) is 14.2. The van der Waals surface area contributed by atoms with E-state index in [0.717, 1.165) is 24.5 Å². The molecule has 5 heteroatoms. The summed E-state index contributed by atoms with van der Waals surface area (Å²) in [5.41, 5.74) is 0.950. The number of hydrogen-bond acceptors (Lipinski definition) is 4. The molecule has 0 aliphatic rings. The van der Waals surface area contributed by atoms with Gasteiger partial charge in [0, 0.05) is 30.7 Å². The predicted octanol–water partition coefficient (Wildman–Crippen LogP) is 2.81. The van der Waals surface area contributed by atoms with Crippen molar-refractivity contribution >= 4 is 5.69 Å². The maximum atomic E-state index is 8.50. The first-order valence-corrected chi connectivity index (χ1v) is 6.67. The molecule has 0 radical (unpaired) electrons. The molecule has 104 valence electrons. The van der Waals surface area contributed by atoms with E-state index < -0.39 is 0 Å². The Kier molecular flexibility index (Phi) is 5.01. The van der Waals surface area contributed by atoms with Crippen LogP contribution in [0, 0.1) is 11.3 Å². The van der Waals surface area contributed by atoms with E-state index in [1.54, 1.807) is 0 Å². The molecule has 1 aromatic carbocycles. The number of aromatic nitrogens is 2. The average molecular weight is 270 g/mol. The van der Waals surface area contributed by atoms with E-state index in [4.69, 9.17) is 10.00 Å². The molecular formula is C15H18N4O.